The minimum atomic E-state index is 0.00495. The Morgan fingerprint density at radius 2 is 1.96 bits per heavy atom. The second kappa shape index (κ2) is 6.80. The first-order valence-corrected chi connectivity index (χ1v) is 9.35. The van der Waals surface area contributed by atoms with Gasteiger partial charge in [-0.3, -0.25) is 4.79 Å². The van der Waals surface area contributed by atoms with Crippen molar-refractivity contribution in [3.05, 3.63) is 39.3 Å². The molecule has 1 aliphatic heterocycles. The summed E-state index contributed by atoms with van der Waals surface area (Å²) in [4.78, 5) is 19.3. The number of piperidine rings is 1. The van der Waals surface area contributed by atoms with Gasteiger partial charge >= 0.3 is 0 Å². The molecule has 2 aromatic rings. The van der Waals surface area contributed by atoms with Crippen LogP contribution in [0.2, 0.25) is 10.0 Å². The Kier molecular flexibility index (Phi) is 4.95. The van der Waals surface area contributed by atoms with Gasteiger partial charge < -0.3 is 4.90 Å². The summed E-state index contributed by atoms with van der Waals surface area (Å²) in [6.45, 7) is 4.21. The Hall–Kier alpha value is -1.10. The highest BCUT2D eigenvalue weighted by Gasteiger charge is 2.31. The maximum atomic E-state index is 12.8. The van der Waals surface area contributed by atoms with Crippen LogP contribution in [0.25, 0.3) is 10.6 Å². The molecule has 2 heterocycles. The van der Waals surface area contributed by atoms with E-state index in [0.29, 0.717) is 15.7 Å². The number of hydrogen-bond acceptors (Lipinski definition) is 3. The van der Waals surface area contributed by atoms with Gasteiger partial charge in [-0.25, -0.2) is 4.98 Å². The molecule has 0 N–H and O–H groups in total. The Morgan fingerprint density at radius 1 is 1.26 bits per heavy atom. The molecule has 0 aliphatic carbocycles. The third-order valence-electron chi connectivity index (χ3n) is 4.33. The fourth-order valence-corrected chi connectivity index (χ4v) is 4.39. The van der Waals surface area contributed by atoms with Crippen molar-refractivity contribution >= 4 is 40.4 Å². The quantitative estimate of drug-likeness (QED) is 0.698. The first-order chi connectivity index (χ1) is 11.0. The second-order valence-corrected chi connectivity index (χ2v) is 7.62. The van der Waals surface area contributed by atoms with Crippen LogP contribution in [0, 0.1) is 0 Å². The highest BCUT2D eigenvalue weighted by Crippen LogP contribution is 2.35. The molecule has 1 amide bonds. The summed E-state index contributed by atoms with van der Waals surface area (Å²) in [6.07, 6.45) is 3.27. The van der Waals surface area contributed by atoms with Gasteiger partial charge in [0.25, 0.3) is 5.91 Å². The van der Waals surface area contributed by atoms with E-state index in [1.165, 1.54) is 17.8 Å². The summed E-state index contributed by atoms with van der Waals surface area (Å²) in [6, 6.07) is 5.95. The fraction of sp³-hybridized carbons (Fsp3) is 0.412. The highest BCUT2D eigenvalue weighted by atomic mass is 35.5. The van der Waals surface area contributed by atoms with Gasteiger partial charge in [0.1, 0.15) is 10.7 Å². The molecule has 1 saturated heterocycles. The van der Waals surface area contributed by atoms with Crippen LogP contribution in [-0.2, 0) is 0 Å². The average molecular weight is 369 g/mol. The van der Waals surface area contributed by atoms with Gasteiger partial charge in [-0.15, -0.1) is 11.3 Å². The van der Waals surface area contributed by atoms with Gasteiger partial charge in [0.2, 0.25) is 0 Å². The summed E-state index contributed by atoms with van der Waals surface area (Å²) in [7, 11) is 0. The minimum absolute atomic E-state index is 0.00495. The molecule has 1 aromatic heterocycles. The van der Waals surface area contributed by atoms with E-state index in [1.807, 2.05) is 22.4 Å². The van der Waals surface area contributed by atoms with Crippen LogP contribution < -0.4 is 0 Å². The number of rotatable bonds is 2. The number of thiazole rings is 1. The molecule has 23 heavy (non-hydrogen) atoms. The van der Waals surface area contributed by atoms with Crippen molar-refractivity contribution in [3.8, 4) is 10.6 Å². The van der Waals surface area contributed by atoms with Crippen LogP contribution in [0.15, 0.2) is 23.6 Å². The number of amides is 1. The summed E-state index contributed by atoms with van der Waals surface area (Å²) < 4.78 is 0. The molecule has 0 spiro atoms. The number of nitrogens with zero attached hydrogens (tertiary/aromatic N) is 2. The second-order valence-electron chi connectivity index (χ2n) is 5.98. The monoisotopic (exact) mass is 368 g/mol. The smallest absolute Gasteiger partial charge is 0.273 e. The summed E-state index contributed by atoms with van der Waals surface area (Å²) in [5.74, 6) is 0.00495. The van der Waals surface area contributed by atoms with E-state index in [1.54, 1.807) is 6.07 Å². The maximum absolute atomic E-state index is 12.8. The molecule has 1 aromatic carbocycles. The van der Waals surface area contributed by atoms with E-state index in [9.17, 15) is 4.79 Å². The van der Waals surface area contributed by atoms with Gasteiger partial charge in [-0.2, -0.15) is 0 Å². The lowest BCUT2D eigenvalue weighted by molar-refractivity contribution is 0.0505. The minimum Gasteiger partial charge on any atom is -0.332 e. The van der Waals surface area contributed by atoms with Crippen molar-refractivity contribution in [1.29, 1.82) is 0 Å². The van der Waals surface area contributed by atoms with Crippen molar-refractivity contribution in [1.82, 2.24) is 9.88 Å². The van der Waals surface area contributed by atoms with Crippen LogP contribution in [-0.4, -0.2) is 27.9 Å². The average Bonchev–Trinajstić information content (AvgIpc) is 2.99. The molecule has 122 valence electrons. The number of halogens is 2. The van der Waals surface area contributed by atoms with Crippen LogP contribution in [0.3, 0.4) is 0 Å². The molecule has 0 saturated carbocycles. The van der Waals surface area contributed by atoms with Crippen molar-refractivity contribution in [3.63, 3.8) is 0 Å². The van der Waals surface area contributed by atoms with Crippen LogP contribution in [0.4, 0.5) is 0 Å². The van der Waals surface area contributed by atoms with Gasteiger partial charge in [-0.1, -0.05) is 35.3 Å². The zero-order valence-electron chi connectivity index (χ0n) is 13.1. The lowest BCUT2D eigenvalue weighted by Crippen LogP contribution is -2.47. The number of aromatic nitrogens is 1. The number of likely N-dealkylation sites (tertiary alicyclic amines) is 1. The first-order valence-electron chi connectivity index (χ1n) is 7.71. The fourth-order valence-electron chi connectivity index (χ4n) is 3.12. The molecule has 2 atom stereocenters. The topological polar surface area (TPSA) is 33.2 Å². The van der Waals surface area contributed by atoms with Gasteiger partial charge in [0, 0.05) is 23.0 Å². The Labute approximate surface area is 150 Å². The summed E-state index contributed by atoms with van der Waals surface area (Å²) >= 11 is 13.7. The van der Waals surface area contributed by atoms with Crippen molar-refractivity contribution < 1.29 is 4.79 Å². The lowest BCUT2D eigenvalue weighted by atomic mass is 9.97. The molecule has 3 nitrogen and oxygen atoms in total. The van der Waals surface area contributed by atoms with E-state index in [-0.39, 0.29) is 18.0 Å². The zero-order chi connectivity index (χ0) is 16.6. The van der Waals surface area contributed by atoms with Crippen LogP contribution in [0.1, 0.15) is 43.6 Å². The third-order valence-corrected chi connectivity index (χ3v) is 6.03. The largest absolute Gasteiger partial charge is 0.332 e. The molecular formula is C17H18Cl2N2OS. The molecule has 2 unspecified atom stereocenters. The van der Waals surface area contributed by atoms with Gasteiger partial charge in [-0.05, 0) is 39.2 Å². The molecule has 0 radical (unpaired) electrons. The van der Waals surface area contributed by atoms with Crippen LogP contribution >= 0.6 is 34.5 Å². The molecule has 1 fully saturated rings. The normalized spacial score (nSPS) is 21.5. The summed E-state index contributed by atoms with van der Waals surface area (Å²) in [5, 5.41) is 3.49. The summed E-state index contributed by atoms with van der Waals surface area (Å²) in [5.41, 5.74) is 1.25. The number of carbonyl (C=O) groups is 1. The number of benzene rings is 1. The number of carbonyl (C=O) groups excluding carboxylic acids is 1. The predicted octanol–water partition coefficient (Wildman–Crippen LogP) is 5.52. The Balaban J connectivity index is 1.89. The molecular weight excluding hydrogens is 351 g/mol. The number of hydrogen-bond donors (Lipinski definition) is 0. The zero-order valence-corrected chi connectivity index (χ0v) is 15.4. The van der Waals surface area contributed by atoms with Crippen molar-refractivity contribution in [2.45, 2.75) is 45.2 Å². The van der Waals surface area contributed by atoms with E-state index in [4.69, 9.17) is 23.2 Å². The van der Waals surface area contributed by atoms with Gasteiger partial charge in [0.15, 0.2) is 0 Å². The van der Waals surface area contributed by atoms with E-state index in [0.717, 1.165) is 23.4 Å². The SMILES string of the molecule is CC1CCCC(C)N1C(=O)c1csc(-c2cccc(Cl)c2Cl)n1. The molecule has 3 rings (SSSR count). The molecule has 6 heteroatoms. The Morgan fingerprint density at radius 3 is 2.65 bits per heavy atom. The molecule has 1 aliphatic rings. The first kappa shape index (κ1) is 16.7. The van der Waals surface area contributed by atoms with Gasteiger partial charge in [0.05, 0.1) is 10.0 Å². The van der Waals surface area contributed by atoms with E-state index >= 15 is 0 Å². The van der Waals surface area contributed by atoms with E-state index < -0.39 is 0 Å². The van der Waals surface area contributed by atoms with E-state index in [2.05, 4.69) is 18.8 Å². The highest BCUT2D eigenvalue weighted by molar-refractivity contribution is 7.13. The van der Waals surface area contributed by atoms with Crippen molar-refractivity contribution in [2.75, 3.05) is 0 Å². The Bertz CT molecular complexity index is 721. The standard InChI is InChI=1S/C17H18Cl2N2OS/c1-10-5-3-6-11(2)21(10)17(22)14-9-23-16(20-14)12-7-4-8-13(18)15(12)19/h4,7-11H,3,5-6H2,1-2H3. The lowest BCUT2D eigenvalue weighted by Gasteiger charge is -2.38. The maximum Gasteiger partial charge on any atom is 0.273 e. The predicted molar refractivity (Wildman–Crippen MR) is 96.5 cm³/mol. The third kappa shape index (κ3) is 3.25. The van der Waals surface area contributed by atoms with Crippen molar-refractivity contribution in [2.24, 2.45) is 0 Å². The molecule has 0 bridgehead atoms. The van der Waals surface area contributed by atoms with Crippen LogP contribution in [0.5, 0.6) is 0 Å².